The third-order valence-corrected chi connectivity index (χ3v) is 26.5. The smallest absolute Gasteiger partial charge is 0.310 e. The van der Waals surface area contributed by atoms with Gasteiger partial charge in [0.1, 0.15) is 0 Å². The molecule has 9 aliphatic rings. The Bertz CT molecular complexity index is 2500. The van der Waals surface area contributed by atoms with E-state index in [0.717, 1.165) is 140 Å². The van der Waals surface area contributed by atoms with Crippen LogP contribution in [0.25, 0.3) is 0 Å². The molecule has 7 heterocycles. The number of likely N-dealkylation sites (N-methyl/N-ethyl adjacent to an activating group) is 2. The van der Waals surface area contributed by atoms with Crippen molar-refractivity contribution in [3.63, 3.8) is 0 Å². The summed E-state index contributed by atoms with van der Waals surface area (Å²) in [5, 5.41) is 18.5. The number of carbonyl (C=O) groups is 3. The fourth-order valence-corrected chi connectivity index (χ4v) is 18.0. The summed E-state index contributed by atoms with van der Waals surface area (Å²) in [6.07, 6.45) is 19.2. The maximum Gasteiger partial charge on any atom is 0.310 e. The quantitative estimate of drug-likeness (QED) is 0.268. The van der Waals surface area contributed by atoms with E-state index in [1.54, 1.807) is 6.92 Å². The van der Waals surface area contributed by atoms with E-state index in [2.05, 4.69) is 253 Å². The van der Waals surface area contributed by atoms with Crippen LogP contribution in [0.5, 0.6) is 0 Å². The first kappa shape index (κ1) is 104. The van der Waals surface area contributed by atoms with Gasteiger partial charge in [-0.3, -0.25) is 14.4 Å². The van der Waals surface area contributed by atoms with Crippen LogP contribution in [-0.2, 0) is 23.9 Å². The number of nitriles is 1. The molecule has 0 aromatic carbocycles. The van der Waals surface area contributed by atoms with Crippen molar-refractivity contribution in [1.29, 1.82) is 5.26 Å². The number of likely N-dealkylation sites (tertiary alicyclic amines) is 7. The molecule has 0 spiro atoms. The number of nitrogens with zero attached hydrogens (tertiary/aromatic N) is 8. The number of aliphatic hydroxyl groups excluding tert-OH is 1. The fraction of sp³-hybridized carbons (Fsp3) is 0.957. The number of hydrogen-bond acceptors (Lipinski definition) is 12. The molecule has 1 N–H and O–H groups in total. The zero-order valence-corrected chi connectivity index (χ0v) is 77.5. The second-order valence-corrected chi connectivity index (χ2v) is 45.2. The van der Waals surface area contributed by atoms with E-state index in [0.29, 0.717) is 92.0 Å². The van der Waals surface area contributed by atoms with Gasteiger partial charge in [-0.2, -0.15) is 5.26 Å². The molecule has 0 aromatic rings. The summed E-state index contributed by atoms with van der Waals surface area (Å²) >= 11 is 0. The van der Waals surface area contributed by atoms with Gasteiger partial charge in [0.05, 0.1) is 36.7 Å². The number of amides is 2. The molecular formula is C94H186N8O6. The predicted octanol–water partition coefficient (Wildman–Crippen LogP) is 20.4. The number of piperidine rings is 6. The van der Waals surface area contributed by atoms with Crippen molar-refractivity contribution in [2.75, 3.05) is 141 Å². The lowest BCUT2D eigenvalue weighted by atomic mass is 9.66. The van der Waals surface area contributed by atoms with Gasteiger partial charge >= 0.3 is 5.97 Å². The molecule has 9 fully saturated rings. The molecule has 7 aliphatic heterocycles. The van der Waals surface area contributed by atoms with E-state index >= 15 is 0 Å². The molecule has 2 aliphatic carbocycles. The van der Waals surface area contributed by atoms with Crippen LogP contribution in [0, 0.1) is 138 Å². The minimum Gasteiger partial charge on any atom is -0.466 e. The molecule has 14 nitrogen and oxygen atoms in total. The standard InChI is InChI=1S/C14H26N2O.C13H25NO2.C12H23NO.C12H21N.C11H23NO.C11H22.C10H21NO.C10H21N.CH4/c1-14(2,3)12-8-11(9-15(4)10-12)13(17)16-6-5-7-16;1-6-16-12(15)10-7-11(13(2,3)4)9-14(5)8-10;1-9-6-11(12(3,4)5)8-13(7-9)10(2)14;1-9-5-10(8-13)7-11(6-9)12(2,3)4;1-11(2,3)9-6-10(13-5)8-12(4)7-9;1-9-6-5-7-10(8-9)11(2,3)4;1-10(2,3)8-5-9(12)7-11(4)6-8;1-10(2,3)9-6-5-7-11(4)8-9;/h11-12H,5-10H2,1-4H3;10-11H,6-9H2,1-5H3;9,11H,6-8H2,1-5H3;9-11H,5-7H2,1-4H3;9-10H,6-8H2,1-5H3;9-10H,5-8H2,1-4H3;8-9,12H,5-7H2,1-4H3;9H,5-8H2,1-4H3;1H4. The van der Waals surface area contributed by atoms with Crippen molar-refractivity contribution in [3.8, 4) is 6.07 Å². The van der Waals surface area contributed by atoms with Crippen LogP contribution in [0.1, 0.15) is 305 Å². The highest BCUT2D eigenvalue weighted by molar-refractivity contribution is 5.80. The van der Waals surface area contributed by atoms with Crippen LogP contribution in [0.2, 0.25) is 0 Å². The Morgan fingerprint density at radius 1 is 0.398 bits per heavy atom. The topological polar surface area (TPSA) is 136 Å². The van der Waals surface area contributed by atoms with Gasteiger partial charge < -0.3 is 48.9 Å². The Morgan fingerprint density at radius 2 is 0.796 bits per heavy atom. The van der Waals surface area contributed by atoms with Crippen molar-refractivity contribution in [2.24, 2.45) is 126 Å². The SMILES string of the molecule is C.CC(=O)N1CC(C)CC(C(C)(C)C)C1.CC1CC(C#N)CC(C(C)(C)C)C1.CC1CCCC(C(C)(C)C)C1.CCOC(=O)C1CC(C(C)(C)C)CN(C)C1.CN1CC(C(=O)N2CCC2)CC(C(C)(C)C)C1.CN1CC(O)CC(C(C)(C)C)C1.CN1CCCC(C(C)(C)C)C1.COC1CC(C(C)(C)C)CN(C)C1. The van der Waals surface area contributed by atoms with Gasteiger partial charge in [0.15, 0.2) is 0 Å². The lowest BCUT2D eigenvalue weighted by Crippen LogP contribution is -2.52. The van der Waals surface area contributed by atoms with E-state index in [9.17, 15) is 19.5 Å². The normalized spacial score (nSPS) is 31.1. The highest BCUT2D eigenvalue weighted by Crippen LogP contribution is 2.44. The Morgan fingerprint density at radius 3 is 1.19 bits per heavy atom. The molecule has 9 rings (SSSR count). The second-order valence-electron chi connectivity index (χ2n) is 45.2. The Balaban J connectivity index is 0.000000619. The van der Waals surface area contributed by atoms with Crippen molar-refractivity contribution in [1.82, 2.24) is 34.3 Å². The van der Waals surface area contributed by atoms with Crippen LogP contribution in [0.15, 0.2) is 0 Å². The first-order valence-corrected chi connectivity index (χ1v) is 43.5. The Kier molecular flexibility index (Phi) is 43.9. The second kappa shape index (κ2) is 45.8. The third kappa shape index (κ3) is 39.3. The van der Waals surface area contributed by atoms with Crippen molar-refractivity contribution < 1.29 is 29.0 Å². The third-order valence-electron chi connectivity index (χ3n) is 26.5. The zero-order chi connectivity index (χ0) is 82.3. The van der Waals surface area contributed by atoms with Crippen LogP contribution >= 0.6 is 0 Å². The van der Waals surface area contributed by atoms with E-state index < -0.39 is 0 Å². The molecule has 16 unspecified atom stereocenters. The zero-order valence-electron chi connectivity index (χ0n) is 77.5. The van der Waals surface area contributed by atoms with Gasteiger partial charge in [-0.1, -0.05) is 207 Å². The predicted molar refractivity (Wildman–Crippen MR) is 463 cm³/mol. The van der Waals surface area contributed by atoms with E-state index in [1.165, 1.54) is 83.8 Å². The molecule has 638 valence electrons. The van der Waals surface area contributed by atoms with E-state index in [1.807, 2.05) is 23.8 Å². The average Bonchev–Trinajstić information content (AvgIpc) is 0.827. The summed E-state index contributed by atoms with van der Waals surface area (Å²) in [7, 11) is 12.6. The molecule has 7 saturated heterocycles. The van der Waals surface area contributed by atoms with Gasteiger partial charge in [-0.25, -0.2) is 0 Å². The number of β-amino-alcohol motifs (C(OH)–C–C–N with tert-alkyl or cyclic N) is 1. The first-order valence-electron chi connectivity index (χ1n) is 43.5. The highest BCUT2D eigenvalue weighted by Gasteiger charge is 2.42. The first-order chi connectivity index (χ1) is 48.8. The number of hydrogen-bond donors (Lipinski definition) is 1. The van der Waals surface area contributed by atoms with E-state index in [4.69, 9.17) is 14.7 Å². The van der Waals surface area contributed by atoms with Crippen LogP contribution < -0.4 is 0 Å². The average molecular weight is 1520 g/mol. The van der Waals surface area contributed by atoms with Gasteiger partial charge in [0.2, 0.25) is 11.8 Å². The molecule has 108 heavy (non-hydrogen) atoms. The lowest BCUT2D eigenvalue weighted by Gasteiger charge is -2.44. The summed E-state index contributed by atoms with van der Waals surface area (Å²) in [5.41, 5.74) is 3.07. The minimum absolute atomic E-state index is 0. The van der Waals surface area contributed by atoms with Crippen LogP contribution in [-0.4, -0.2) is 210 Å². The number of rotatable bonds is 4. The van der Waals surface area contributed by atoms with Gasteiger partial charge in [0, 0.05) is 105 Å². The van der Waals surface area contributed by atoms with Crippen LogP contribution in [0.3, 0.4) is 0 Å². The number of ether oxygens (including phenoxy) is 2. The highest BCUT2D eigenvalue weighted by atomic mass is 16.5. The van der Waals surface area contributed by atoms with E-state index in [-0.39, 0.29) is 42.7 Å². The van der Waals surface area contributed by atoms with Gasteiger partial charge in [-0.15, -0.1) is 0 Å². The monoisotopic (exact) mass is 1520 g/mol. The van der Waals surface area contributed by atoms with Crippen molar-refractivity contribution in [2.45, 2.75) is 317 Å². The molecule has 2 amide bonds. The summed E-state index contributed by atoms with van der Waals surface area (Å²) in [5.74, 6) is 9.44. The molecule has 14 heteroatoms. The summed E-state index contributed by atoms with van der Waals surface area (Å²) in [4.78, 5) is 51.1. The molecule has 2 saturated carbocycles. The van der Waals surface area contributed by atoms with Gasteiger partial charge in [0.25, 0.3) is 0 Å². The molecule has 0 bridgehead atoms. The fourth-order valence-electron chi connectivity index (χ4n) is 18.0. The molecule has 0 aromatic heterocycles. The Labute approximate surface area is 672 Å². The number of methoxy groups -OCH3 is 1. The Hall–Kier alpha value is -2.38. The summed E-state index contributed by atoms with van der Waals surface area (Å²) in [6.45, 7) is 81.0. The van der Waals surface area contributed by atoms with Crippen molar-refractivity contribution >= 4 is 17.8 Å². The van der Waals surface area contributed by atoms with Crippen molar-refractivity contribution in [3.05, 3.63) is 0 Å². The lowest BCUT2D eigenvalue weighted by molar-refractivity contribution is -0.151. The molecule has 16 atom stereocenters. The molecule has 0 radical (unpaired) electrons. The summed E-state index contributed by atoms with van der Waals surface area (Å²) < 4.78 is 10.6. The number of esters is 1. The maximum atomic E-state index is 12.3. The van der Waals surface area contributed by atoms with Crippen LogP contribution in [0.4, 0.5) is 0 Å². The number of aliphatic hydroxyl groups is 1. The summed E-state index contributed by atoms with van der Waals surface area (Å²) in [6, 6.07) is 2.44. The minimum atomic E-state index is -0.118. The van der Waals surface area contributed by atoms with Gasteiger partial charge in [-0.05, 0) is 241 Å². The number of carbonyl (C=O) groups excluding carboxylic acids is 3. The largest absolute Gasteiger partial charge is 0.466 e. The maximum absolute atomic E-state index is 12.3. The molecular weight excluding hydrogens is 1340 g/mol.